The van der Waals surface area contributed by atoms with E-state index in [9.17, 15) is 14.4 Å². The van der Waals surface area contributed by atoms with E-state index >= 15 is 0 Å². The third kappa shape index (κ3) is 7.06. The average Bonchev–Trinajstić information content (AvgIpc) is 3.38. The molecule has 0 saturated carbocycles. The molecule has 6 rings (SSSR count). The van der Waals surface area contributed by atoms with Crippen LogP contribution in [0, 0.1) is 0 Å². The van der Waals surface area contributed by atoms with Gasteiger partial charge in [-0.3, -0.25) is 9.36 Å². The molecule has 0 spiro atoms. The normalized spacial score (nSPS) is 13.0. The predicted octanol–water partition coefficient (Wildman–Crippen LogP) is 7.59. The number of ether oxygens (including phenoxy) is 2. The van der Waals surface area contributed by atoms with Gasteiger partial charge in [-0.15, -0.1) is 0 Å². The first kappa shape index (κ1) is 32.8. The molecule has 9 nitrogen and oxygen atoms in total. The van der Waals surface area contributed by atoms with Gasteiger partial charge in [0, 0.05) is 19.0 Å². The van der Waals surface area contributed by atoms with Gasteiger partial charge in [0.2, 0.25) is 0 Å². The van der Waals surface area contributed by atoms with Crippen molar-refractivity contribution in [1.82, 2.24) is 20.2 Å². The molecule has 0 bridgehead atoms. The van der Waals surface area contributed by atoms with Gasteiger partial charge in [-0.1, -0.05) is 96.5 Å². The molecule has 0 fully saturated rings. The molecule has 1 atom stereocenters. The van der Waals surface area contributed by atoms with Gasteiger partial charge >= 0.3 is 12.2 Å². The van der Waals surface area contributed by atoms with Gasteiger partial charge in [0.15, 0.2) is 0 Å². The summed E-state index contributed by atoms with van der Waals surface area (Å²) >= 11 is 6.49. The van der Waals surface area contributed by atoms with Crippen molar-refractivity contribution in [2.24, 2.45) is 0 Å². The zero-order valence-electron chi connectivity index (χ0n) is 27.0. The molecule has 1 aliphatic carbocycles. The molecule has 1 aliphatic rings. The van der Waals surface area contributed by atoms with Gasteiger partial charge in [0.1, 0.15) is 24.1 Å². The highest BCUT2D eigenvalue weighted by atomic mass is 35.5. The van der Waals surface area contributed by atoms with E-state index in [2.05, 4.69) is 34.9 Å². The monoisotopic (exact) mass is 664 g/mol. The fourth-order valence-electron chi connectivity index (χ4n) is 6.12. The van der Waals surface area contributed by atoms with Crippen LogP contribution in [-0.4, -0.2) is 40.5 Å². The quantitative estimate of drug-likeness (QED) is 0.157. The lowest BCUT2D eigenvalue weighted by Crippen LogP contribution is -2.37. The molecule has 0 saturated heterocycles. The SMILES string of the molecule is CC(C)(C)OC(=O)NCCCn1c([C@@H](NC(=O)OCC2c3ccccc3-c3ccccc32)c2ccccc2)nc2cccc(Cl)c2c1=O. The van der Waals surface area contributed by atoms with Crippen molar-refractivity contribution >= 4 is 34.7 Å². The topological polar surface area (TPSA) is 112 Å². The predicted molar refractivity (Wildman–Crippen MR) is 186 cm³/mol. The molecule has 1 heterocycles. The van der Waals surface area contributed by atoms with Crippen LogP contribution >= 0.6 is 11.6 Å². The maximum atomic E-state index is 14.0. The van der Waals surface area contributed by atoms with Gasteiger partial charge in [-0.2, -0.15) is 0 Å². The van der Waals surface area contributed by atoms with Crippen molar-refractivity contribution < 1.29 is 19.1 Å². The number of fused-ring (bicyclic) bond motifs is 4. The number of hydrogen-bond acceptors (Lipinski definition) is 6. The number of nitrogens with one attached hydrogen (secondary N) is 2. The largest absolute Gasteiger partial charge is 0.449 e. The summed E-state index contributed by atoms with van der Waals surface area (Å²) in [7, 11) is 0. The molecule has 10 heteroatoms. The summed E-state index contributed by atoms with van der Waals surface area (Å²) < 4.78 is 12.8. The van der Waals surface area contributed by atoms with E-state index < -0.39 is 23.8 Å². The van der Waals surface area contributed by atoms with Crippen LogP contribution in [0.25, 0.3) is 22.0 Å². The first-order valence-electron chi connectivity index (χ1n) is 15.9. The van der Waals surface area contributed by atoms with Crippen molar-refractivity contribution in [3.63, 3.8) is 0 Å². The Balaban J connectivity index is 1.29. The number of hydrogen-bond donors (Lipinski definition) is 2. The lowest BCUT2D eigenvalue weighted by molar-refractivity contribution is 0.0526. The van der Waals surface area contributed by atoms with E-state index in [0.29, 0.717) is 23.3 Å². The zero-order valence-corrected chi connectivity index (χ0v) is 27.8. The van der Waals surface area contributed by atoms with E-state index in [4.69, 9.17) is 26.1 Å². The molecule has 5 aromatic rings. The van der Waals surface area contributed by atoms with Crippen LogP contribution in [0.4, 0.5) is 9.59 Å². The number of carbonyl (C=O) groups is 2. The summed E-state index contributed by atoms with van der Waals surface area (Å²) in [6.07, 6.45) is -0.811. The van der Waals surface area contributed by atoms with Gasteiger partial charge in [0.05, 0.1) is 15.9 Å². The Kier molecular flexibility index (Phi) is 9.50. The van der Waals surface area contributed by atoms with Gasteiger partial charge < -0.3 is 20.1 Å². The van der Waals surface area contributed by atoms with Crippen LogP contribution in [0.5, 0.6) is 0 Å². The van der Waals surface area contributed by atoms with Crippen molar-refractivity contribution in [2.45, 2.75) is 51.3 Å². The standard InChI is InChI=1S/C38H37ClN4O5/c1-38(2,3)48-36(45)40-21-12-22-43-34(41-31-20-11-19-30(39)32(31)35(43)44)33(24-13-5-4-6-14-24)42-37(46)47-23-29-27-17-9-7-15-25(27)26-16-8-10-18-28(26)29/h4-11,13-20,29,33H,12,21-23H2,1-3H3,(H,40,45)(H,42,46)/t33-/m0/s1. The van der Waals surface area contributed by atoms with E-state index in [0.717, 1.165) is 22.3 Å². The second-order valence-corrected chi connectivity index (χ2v) is 13.1. The van der Waals surface area contributed by atoms with Crippen molar-refractivity contribution in [1.29, 1.82) is 0 Å². The maximum absolute atomic E-state index is 14.0. The number of nitrogens with zero attached hydrogens (tertiary/aromatic N) is 2. The Labute approximate surface area is 283 Å². The lowest BCUT2D eigenvalue weighted by atomic mass is 9.98. The molecule has 246 valence electrons. The van der Waals surface area contributed by atoms with Crippen LogP contribution in [0.15, 0.2) is 102 Å². The van der Waals surface area contributed by atoms with E-state index in [1.807, 2.05) is 54.6 Å². The number of rotatable bonds is 9. The maximum Gasteiger partial charge on any atom is 0.408 e. The van der Waals surface area contributed by atoms with Crippen LogP contribution in [0.3, 0.4) is 0 Å². The molecule has 0 aliphatic heterocycles. The summed E-state index contributed by atoms with van der Waals surface area (Å²) in [6.45, 7) is 5.93. The zero-order chi connectivity index (χ0) is 33.8. The molecule has 0 unspecified atom stereocenters. The summed E-state index contributed by atoms with van der Waals surface area (Å²) in [6, 6.07) is 29.8. The molecular weight excluding hydrogens is 628 g/mol. The number of aromatic nitrogens is 2. The third-order valence-corrected chi connectivity index (χ3v) is 8.50. The van der Waals surface area contributed by atoms with E-state index in [-0.39, 0.29) is 41.6 Å². The van der Waals surface area contributed by atoms with Gasteiger partial charge in [-0.05, 0) is 67.1 Å². The second-order valence-electron chi connectivity index (χ2n) is 12.7. The molecule has 0 radical (unpaired) electrons. The number of amides is 2. The number of alkyl carbamates (subject to hydrolysis) is 2. The molecule has 2 N–H and O–H groups in total. The number of halogens is 1. The molecule has 4 aromatic carbocycles. The second kappa shape index (κ2) is 13.9. The Morgan fingerprint density at radius 2 is 1.52 bits per heavy atom. The summed E-state index contributed by atoms with van der Waals surface area (Å²) in [5, 5.41) is 6.28. The summed E-state index contributed by atoms with van der Waals surface area (Å²) in [4.78, 5) is 44.8. The first-order valence-corrected chi connectivity index (χ1v) is 16.3. The van der Waals surface area contributed by atoms with Crippen LogP contribution in [0.1, 0.15) is 61.7 Å². The van der Waals surface area contributed by atoms with Crippen molar-refractivity contribution in [2.75, 3.05) is 13.2 Å². The minimum Gasteiger partial charge on any atom is -0.449 e. The summed E-state index contributed by atoms with van der Waals surface area (Å²) in [5.74, 6) is 0.196. The molecule has 48 heavy (non-hydrogen) atoms. The molecule has 1 aromatic heterocycles. The lowest BCUT2D eigenvalue weighted by Gasteiger charge is -2.24. The Morgan fingerprint density at radius 1 is 0.875 bits per heavy atom. The first-order chi connectivity index (χ1) is 23.1. The number of carbonyl (C=O) groups excluding carboxylic acids is 2. The van der Waals surface area contributed by atoms with Crippen LogP contribution in [-0.2, 0) is 16.0 Å². The van der Waals surface area contributed by atoms with Crippen LogP contribution in [0.2, 0.25) is 5.02 Å². The van der Waals surface area contributed by atoms with Gasteiger partial charge in [-0.25, -0.2) is 14.6 Å². The van der Waals surface area contributed by atoms with E-state index in [1.165, 1.54) is 4.57 Å². The summed E-state index contributed by atoms with van der Waals surface area (Å²) in [5.41, 5.74) is 4.60. The highest BCUT2D eigenvalue weighted by molar-refractivity contribution is 6.35. The highest BCUT2D eigenvalue weighted by Gasteiger charge is 2.30. The van der Waals surface area contributed by atoms with Crippen molar-refractivity contribution in [3.8, 4) is 11.1 Å². The van der Waals surface area contributed by atoms with Crippen LogP contribution < -0.4 is 16.2 Å². The minimum atomic E-state index is -0.836. The van der Waals surface area contributed by atoms with Crippen molar-refractivity contribution in [3.05, 3.63) is 135 Å². The van der Waals surface area contributed by atoms with E-state index in [1.54, 1.807) is 39.0 Å². The molecule has 2 amide bonds. The van der Waals surface area contributed by atoms with Gasteiger partial charge in [0.25, 0.3) is 5.56 Å². The number of benzene rings is 4. The smallest absolute Gasteiger partial charge is 0.408 e. The minimum absolute atomic E-state index is 0.116. The Hall–Kier alpha value is -5.15. The Bertz CT molecular complexity index is 1980. The molecular formula is C38H37ClN4O5. The fourth-order valence-corrected chi connectivity index (χ4v) is 6.37. The fraction of sp³-hybridized carbons (Fsp3) is 0.263. The Morgan fingerprint density at radius 3 is 2.19 bits per heavy atom. The third-order valence-electron chi connectivity index (χ3n) is 8.19. The highest BCUT2D eigenvalue weighted by Crippen LogP contribution is 2.44. The average molecular weight is 665 g/mol.